The van der Waals surface area contributed by atoms with Gasteiger partial charge in [-0.05, 0) is 65.2 Å². The molecular weight excluding hydrogens is 368 g/mol. The first-order chi connectivity index (χ1) is 13.7. The van der Waals surface area contributed by atoms with Crippen molar-refractivity contribution in [2.45, 2.75) is 65.1 Å². The second kappa shape index (κ2) is 8.27. The topological polar surface area (TPSA) is 76.5 Å². The van der Waals surface area contributed by atoms with Crippen LogP contribution in [0, 0.1) is 6.92 Å². The molecule has 2 atom stereocenters. The lowest BCUT2D eigenvalue weighted by Crippen LogP contribution is -2.48. The molecule has 2 amide bonds. The average molecular weight is 399 g/mol. The molecule has 0 unspecified atom stereocenters. The molecule has 1 aliphatic rings. The summed E-state index contributed by atoms with van der Waals surface area (Å²) in [4.78, 5) is 31.0. The van der Waals surface area contributed by atoms with E-state index in [9.17, 15) is 9.59 Å². The maximum atomic E-state index is 12.8. The van der Waals surface area contributed by atoms with Gasteiger partial charge in [-0.15, -0.1) is 0 Å². The Morgan fingerprint density at radius 1 is 1.24 bits per heavy atom. The minimum absolute atomic E-state index is 0.143. The van der Waals surface area contributed by atoms with E-state index in [0.717, 1.165) is 23.5 Å². The number of nitrogens with zero attached hydrogens (tertiary/aromatic N) is 3. The van der Waals surface area contributed by atoms with E-state index in [4.69, 9.17) is 4.74 Å². The van der Waals surface area contributed by atoms with Gasteiger partial charge in [0.25, 0.3) is 0 Å². The molecule has 1 fully saturated rings. The second-order valence-electron chi connectivity index (χ2n) is 8.50. The Bertz CT molecular complexity index is 867. The maximum Gasteiger partial charge on any atom is 0.410 e. The summed E-state index contributed by atoms with van der Waals surface area (Å²) in [5, 5.41) is 3.04. The summed E-state index contributed by atoms with van der Waals surface area (Å²) >= 11 is 0. The van der Waals surface area contributed by atoms with Crippen LogP contribution in [-0.2, 0) is 9.53 Å². The summed E-state index contributed by atoms with van der Waals surface area (Å²) in [5.41, 5.74) is 1.44. The van der Waals surface area contributed by atoms with E-state index in [2.05, 4.69) is 10.3 Å². The predicted octanol–water partition coefficient (Wildman–Crippen LogP) is 3.76. The van der Waals surface area contributed by atoms with Gasteiger partial charge in [-0.2, -0.15) is 0 Å². The fourth-order valence-electron chi connectivity index (χ4n) is 3.55. The van der Waals surface area contributed by atoms with Gasteiger partial charge in [-0.25, -0.2) is 9.78 Å². The Balaban J connectivity index is 1.64. The van der Waals surface area contributed by atoms with Crippen molar-refractivity contribution in [3.05, 3.63) is 48.0 Å². The third kappa shape index (κ3) is 4.96. The molecule has 2 heterocycles. The highest BCUT2D eigenvalue weighted by atomic mass is 16.6. The van der Waals surface area contributed by atoms with Crippen LogP contribution < -0.4 is 5.32 Å². The number of hydrogen-bond acceptors (Lipinski definition) is 4. The number of imidazole rings is 1. The van der Waals surface area contributed by atoms with Gasteiger partial charge in [-0.3, -0.25) is 9.69 Å². The Morgan fingerprint density at radius 3 is 2.52 bits per heavy atom. The molecule has 0 saturated carbocycles. The molecule has 1 saturated heterocycles. The standard InChI is InChI=1S/C22H30N4O3/c1-15(17-8-10-18(11-9-17)25-14-12-23-16(25)2)24-20(27)19-7-6-13-26(19)21(28)29-22(3,4)5/h8-12,14-15,19H,6-7,13H2,1-5H3,(H,24,27)/t15-,19-/m0/s1. The van der Waals surface area contributed by atoms with Crippen LogP contribution in [0.2, 0.25) is 0 Å². The van der Waals surface area contributed by atoms with E-state index in [1.807, 2.05) is 69.6 Å². The summed E-state index contributed by atoms with van der Waals surface area (Å²) in [6.07, 6.45) is 4.70. The number of ether oxygens (including phenoxy) is 1. The fourth-order valence-corrected chi connectivity index (χ4v) is 3.55. The number of aryl methyl sites for hydroxylation is 1. The number of likely N-dealkylation sites (tertiary alicyclic amines) is 1. The number of carbonyl (C=O) groups is 2. The van der Waals surface area contributed by atoms with Crippen LogP contribution in [-0.4, -0.2) is 44.6 Å². The van der Waals surface area contributed by atoms with Crippen molar-refractivity contribution in [2.24, 2.45) is 0 Å². The predicted molar refractivity (Wildman–Crippen MR) is 111 cm³/mol. The lowest BCUT2D eigenvalue weighted by molar-refractivity contribution is -0.126. The highest BCUT2D eigenvalue weighted by Gasteiger charge is 2.37. The zero-order chi connectivity index (χ0) is 21.2. The summed E-state index contributed by atoms with van der Waals surface area (Å²) in [7, 11) is 0. The minimum atomic E-state index is -0.580. The molecule has 7 heteroatoms. The van der Waals surface area contributed by atoms with E-state index >= 15 is 0 Å². The van der Waals surface area contributed by atoms with E-state index in [1.165, 1.54) is 4.90 Å². The van der Waals surface area contributed by atoms with Crippen LogP contribution in [0.15, 0.2) is 36.7 Å². The van der Waals surface area contributed by atoms with Crippen LogP contribution in [0.5, 0.6) is 0 Å². The summed E-state index contributed by atoms with van der Waals surface area (Å²) in [6, 6.07) is 7.37. The average Bonchev–Trinajstić information content (AvgIpc) is 3.29. The van der Waals surface area contributed by atoms with Crippen LogP contribution >= 0.6 is 0 Å². The highest BCUT2D eigenvalue weighted by molar-refractivity contribution is 5.86. The zero-order valence-electron chi connectivity index (χ0n) is 17.8. The first kappa shape index (κ1) is 20.9. The van der Waals surface area contributed by atoms with Gasteiger partial charge in [-0.1, -0.05) is 12.1 Å². The molecule has 156 valence electrons. The first-order valence-electron chi connectivity index (χ1n) is 10.1. The quantitative estimate of drug-likeness (QED) is 0.851. The number of carbonyl (C=O) groups excluding carboxylic acids is 2. The number of aromatic nitrogens is 2. The molecule has 0 radical (unpaired) electrons. The molecule has 1 N–H and O–H groups in total. The molecule has 2 aromatic rings. The lowest BCUT2D eigenvalue weighted by Gasteiger charge is -2.28. The lowest BCUT2D eigenvalue weighted by atomic mass is 10.1. The van der Waals surface area contributed by atoms with E-state index in [0.29, 0.717) is 13.0 Å². The zero-order valence-corrected chi connectivity index (χ0v) is 17.8. The Hall–Kier alpha value is -2.83. The number of amides is 2. The van der Waals surface area contributed by atoms with Crippen LogP contribution in [0.4, 0.5) is 4.79 Å². The van der Waals surface area contributed by atoms with Gasteiger partial charge < -0.3 is 14.6 Å². The first-order valence-corrected chi connectivity index (χ1v) is 10.1. The Morgan fingerprint density at radius 2 is 1.93 bits per heavy atom. The van der Waals surface area contributed by atoms with Gasteiger partial charge in [0.1, 0.15) is 17.5 Å². The third-order valence-electron chi connectivity index (χ3n) is 5.04. The molecule has 0 bridgehead atoms. The number of rotatable bonds is 4. The van der Waals surface area contributed by atoms with Crippen molar-refractivity contribution in [1.29, 1.82) is 0 Å². The molecular formula is C22H30N4O3. The van der Waals surface area contributed by atoms with Gasteiger partial charge >= 0.3 is 6.09 Å². The number of hydrogen-bond donors (Lipinski definition) is 1. The van der Waals surface area contributed by atoms with Crippen molar-refractivity contribution in [3.8, 4) is 5.69 Å². The highest BCUT2D eigenvalue weighted by Crippen LogP contribution is 2.23. The van der Waals surface area contributed by atoms with Crippen LogP contribution in [0.25, 0.3) is 5.69 Å². The minimum Gasteiger partial charge on any atom is -0.444 e. The molecule has 1 aromatic carbocycles. The monoisotopic (exact) mass is 398 g/mol. The second-order valence-corrected chi connectivity index (χ2v) is 8.50. The summed E-state index contributed by atoms with van der Waals surface area (Å²) < 4.78 is 7.45. The van der Waals surface area contributed by atoms with Gasteiger partial charge in [0.2, 0.25) is 5.91 Å². The summed E-state index contributed by atoms with van der Waals surface area (Å²) in [5.74, 6) is 0.776. The molecule has 0 spiro atoms. The molecule has 1 aliphatic heterocycles. The van der Waals surface area contributed by atoms with E-state index in [1.54, 1.807) is 6.20 Å². The van der Waals surface area contributed by atoms with Crippen LogP contribution in [0.1, 0.15) is 58.0 Å². The third-order valence-corrected chi connectivity index (χ3v) is 5.04. The molecule has 29 heavy (non-hydrogen) atoms. The Kier molecular flexibility index (Phi) is 5.96. The normalized spacial score (nSPS) is 17.8. The number of nitrogens with one attached hydrogen (secondary N) is 1. The summed E-state index contributed by atoms with van der Waals surface area (Å²) in [6.45, 7) is 9.92. The van der Waals surface area contributed by atoms with Crippen molar-refractivity contribution in [3.63, 3.8) is 0 Å². The van der Waals surface area contributed by atoms with E-state index < -0.39 is 17.7 Å². The maximum absolute atomic E-state index is 12.8. The van der Waals surface area contributed by atoms with Crippen molar-refractivity contribution in [2.75, 3.05) is 6.54 Å². The van der Waals surface area contributed by atoms with Crippen molar-refractivity contribution < 1.29 is 14.3 Å². The SMILES string of the molecule is Cc1nccn1-c1ccc([C@H](C)NC(=O)[C@@H]2CCCN2C(=O)OC(C)(C)C)cc1. The van der Waals surface area contributed by atoms with Crippen molar-refractivity contribution in [1.82, 2.24) is 19.8 Å². The smallest absolute Gasteiger partial charge is 0.410 e. The Labute approximate surface area is 172 Å². The fraction of sp³-hybridized carbons (Fsp3) is 0.500. The number of benzene rings is 1. The van der Waals surface area contributed by atoms with Gasteiger partial charge in [0, 0.05) is 24.6 Å². The van der Waals surface area contributed by atoms with Gasteiger partial charge in [0.05, 0.1) is 6.04 Å². The molecule has 0 aliphatic carbocycles. The van der Waals surface area contributed by atoms with Gasteiger partial charge in [0.15, 0.2) is 0 Å². The van der Waals surface area contributed by atoms with Crippen molar-refractivity contribution >= 4 is 12.0 Å². The largest absolute Gasteiger partial charge is 0.444 e. The molecule has 1 aromatic heterocycles. The van der Waals surface area contributed by atoms with E-state index in [-0.39, 0.29) is 11.9 Å². The molecule has 3 rings (SSSR count). The van der Waals surface area contributed by atoms with Crippen LogP contribution in [0.3, 0.4) is 0 Å². The molecule has 7 nitrogen and oxygen atoms in total.